The summed E-state index contributed by atoms with van der Waals surface area (Å²) in [5.74, 6) is 0.379. The highest BCUT2D eigenvalue weighted by molar-refractivity contribution is 7.98. The summed E-state index contributed by atoms with van der Waals surface area (Å²) in [7, 11) is 1.58. The Morgan fingerprint density at radius 3 is 2.65 bits per heavy atom. The van der Waals surface area contributed by atoms with E-state index in [2.05, 4.69) is 10.3 Å². The van der Waals surface area contributed by atoms with Crippen molar-refractivity contribution in [3.63, 3.8) is 0 Å². The molecule has 8 heteroatoms. The van der Waals surface area contributed by atoms with Gasteiger partial charge in [0, 0.05) is 25.0 Å². The Labute approximate surface area is 184 Å². The Balaban J connectivity index is 1.95. The minimum atomic E-state index is -0.294. The second kappa shape index (κ2) is 10.5. The van der Waals surface area contributed by atoms with Gasteiger partial charge in [0.1, 0.15) is 5.82 Å². The maximum absolute atomic E-state index is 13.2. The highest BCUT2D eigenvalue weighted by Gasteiger charge is 2.14. The van der Waals surface area contributed by atoms with E-state index in [9.17, 15) is 14.0 Å². The van der Waals surface area contributed by atoms with Crippen molar-refractivity contribution in [3.8, 4) is 0 Å². The third-order valence-corrected chi connectivity index (χ3v) is 5.70. The number of methoxy groups -OCH3 is 1. The van der Waals surface area contributed by atoms with Crippen molar-refractivity contribution in [2.45, 2.75) is 31.3 Å². The number of hydrogen-bond donors (Lipinski definition) is 1. The number of amides is 1. The molecular formula is C23H26FN3O3S. The van der Waals surface area contributed by atoms with Crippen LogP contribution in [0.2, 0.25) is 0 Å². The number of benzene rings is 2. The van der Waals surface area contributed by atoms with Gasteiger partial charge in [-0.1, -0.05) is 37.7 Å². The number of halogens is 1. The van der Waals surface area contributed by atoms with E-state index < -0.39 is 0 Å². The van der Waals surface area contributed by atoms with Gasteiger partial charge in [0.15, 0.2) is 5.16 Å². The zero-order chi connectivity index (χ0) is 22.4. The number of hydrogen-bond acceptors (Lipinski definition) is 5. The number of nitrogens with one attached hydrogen (secondary N) is 1. The van der Waals surface area contributed by atoms with E-state index >= 15 is 0 Å². The molecule has 0 aliphatic rings. The zero-order valence-electron chi connectivity index (χ0n) is 17.9. The number of nitrogens with zero attached hydrogens (tertiary/aromatic N) is 2. The Hall–Kier alpha value is -2.71. The number of rotatable bonds is 9. The highest BCUT2D eigenvalue weighted by Crippen LogP contribution is 2.23. The quantitative estimate of drug-likeness (QED) is 0.402. The first-order chi connectivity index (χ1) is 14.9. The lowest BCUT2D eigenvalue weighted by atomic mass is 10.1. The number of fused-ring (bicyclic) bond motifs is 1. The molecule has 164 valence electrons. The van der Waals surface area contributed by atoms with Crippen LogP contribution >= 0.6 is 11.8 Å². The van der Waals surface area contributed by atoms with Gasteiger partial charge < -0.3 is 10.1 Å². The number of aromatic nitrogens is 2. The predicted octanol–water partition coefficient (Wildman–Crippen LogP) is 3.86. The predicted molar refractivity (Wildman–Crippen MR) is 121 cm³/mol. The van der Waals surface area contributed by atoms with Crippen LogP contribution in [0.25, 0.3) is 10.9 Å². The highest BCUT2D eigenvalue weighted by atomic mass is 32.2. The van der Waals surface area contributed by atoms with Gasteiger partial charge in [0.25, 0.3) is 11.5 Å². The van der Waals surface area contributed by atoms with Crippen molar-refractivity contribution < 1.29 is 13.9 Å². The summed E-state index contributed by atoms with van der Waals surface area (Å²) in [5.41, 5.74) is 1.67. The molecule has 0 aliphatic heterocycles. The summed E-state index contributed by atoms with van der Waals surface area (Å²) < 4.78 is 19.9. The van der Waals surface area contributed by atoms with Gasteiger partial charge in [-0.15, -0.1) is 0 Å². The van der Waals surface area contributed by atoms with Crippen LogP contribution in [0.5, 0.6) is 0 Å². The molecule has 0 radical (unpaired) electrons. The normalized spacial score (nSPS) is 11.3. The topological polar surface area (TPSA) is 73.2 Å². The first kappa shape index (κ1) is 23.0. The molecule has 0 spiro atoms. The minimum absolute atomic E-state index is 0.183. The lowest BCUT2D eigenvalue weighted by Gasteiger charge is -2.13. The van der Waals surface area contributed by atoms with Crippen LogP contribution < -0.4 is 10.9 Å². The molecule has 6 nitrogen and oxygen atoms in total. The van der Waals surface area contributed by atoms with Crippen LogP contribution in [0.4, 0.5) is 4.39 Å². The first-order valence-corrected chi connectivity index (χ1v) is 11.1. The van der Waals surface area contributed by atoms with E-state index in [4.69, 9.17) is 4.74 Å². The molecule has 1 heterocycles. The first-order valence-electron chi connectivity index (χ1n) is 10.1. The Bertz CT molecular complexity index is 1110. The zero-order valence-corrected chi connectivity index (χ0v) is 18.7. The average Bonchev–Trinajstić information content (AvgIpc) is 2.76. The van der Waals surface area contributed by atoms with Crippen molar-refractivity contribution in [1.82, 2.24) is 14.9 Å². The summed E-state index contributed by atoms with van der Waals surface area (Å²) in [5, 5.41) is 3.85. The fourth-order valence-electron chi connectivity index (χ4n) is 2.96. The lowest BCUT2D eigenvalue weighted by molar-refractivity contribution is 0.0949. The molecule has 0 saturated carbocycles. The number of carbonyl (C=O) groups excluding carboxylic acids is 1. The summed E-state index contributed by atoms with van der Waals surface area (Å²) in [6.45, 7) is 5.35. The van der Waals surface area contributed by atoms with Crippen molar-refractivity contribution in [3.05, 3.63) is 69.8 Å². The lowest BCUT2D eigenvalue weighted by Crippen LogP contribution is -2.28. The average molecular weight is 444 g/mol. The van der Waals surface area contributed by atoms with E-state index in [1.807, 2.05) is 13.8 Å². The summed E-state index contributed by atoms with van der Waals surface area (Å²) in [6.07, 6.45) is 0. The maximum atomic E-state index is 13.2. The van der Waals surface area contributed by atoms with Gasteiger partial charge >= 0.3 is 0 Å². The molecule has 0 bridgehead atoms. The molecule has 1 N–H and O–H groups in total. The molecule has 1 amide bonds. The molecule has 3 aromatic rings. The van der Waals surface area contributed by atoms with Crippen LogP contribution in [0.1, 0.15) is 29.8 Å². The second-order valence-corrected chi connectivity index (χ2v) is 8.54. The molecule has 31 heavy (non-hydrogen) atoms. The third kappa shape index (κ3) is 5.92. The van der Waals surface area contributed by atoms with Crippen molar-refractivity contribution in [2.75, 3.05) is 20.3 Å². The molecular weight excluding hydrogens is 417 g/mol. The molecule has 0 saturated heterocycles. The van der Waals surface area contributed by atoms with Gasteiger partial charge in [-0.3, -0.25) is 14.2 Å². The van der Waals surface area contributed by atoms with Gasteiger partial charge in [0.05, 0.1) is 24.1 Å². The number of thioether (sulfide) groups is 1. The molecule has 3 rings (SSSR count). The monoisotopic (exact) mass is 443 g/mol. The van der Waals surface area contributed by atoms with Crippen molar-refractivity contribution in [1.29, 1.82) is 0 Å². The van der Waals surface area contributed by atoms with E-state index in [1.54, 1.807) is 42.0 Å². The standard InChI is InChI=1S/C23H26FN3O3S/c1-15(2)13-25-21(28)17-6-9-19-20(12-17)26-23(27(22(19)29)10-11-30-3)31-14-16-4-7-18(24)8-5-16/h4-9,12,15H,10-11,13-14H2,1-3H3,(H,25,28). The largest absolute Gasteiger partial charge is 0.383 e. The van der Waals surface area contributed by atoms with E-state index in [1.165, 1.54) is 23.9 Å². The van der Waals surface area contributed by atoms with E-state index in [-0.39, 0.29) is 17.3 Å². The number of ether oxygens (including phenoxy) is 1. The minimum Gasteiger partial charge on any atom is -0.383 e. The molecule has 0 unspecified atom stereocenters. The molecule has 0 fully saturated rings. The SMILES string of the molecule is COCCn1c(SCc2ccc(F)cc2)nc2cc(C(=O)NCC(C)C)ccc2c1=O. The van der Waals surface area contributed by atoms with Crippen LogP contribution in [0.3, 0.4) is 0 Å². The van der Waals surface area contributed by atoms with Gasteiger partial charge in [0.2, 0.25) is 0 Å². The van der Waals surface area contributed by atoms with Gasteiger partial charge in [-0.05, 0) is 41.8 Å². The Kier molecular flexibility index (Phi) is 7.81. The van der Waals surface area contributed by atoms with Gasteiger partial charge in [-0.2, -0.15) is 0 Å². The Morgan fingerprint density at radius 1 is 1.23 bits per heavy atom. The second-order valence-electron chi connectivity index (χ2n) is 7.59. The smallest absolute Gasteiger partial charge is 0.262 e. The summed E-state index contributed by atoms with van der Waals surface area (Å²) in [6, 6.07) is 11.2. The molecule has 1 aromatic heterocycles. The molecule has 0 atom stereocenters. The van der Waals surface area contributed by atoms with Crippen molar-refractivity contribution >= 4 is 28.6 Å². The van der Waals surface area contributed by atoms with Crippen LogP contribution in [-0.2, 0) is 17.0 Å². The number of carbonyl (C=O) groups is 1. The van der Waals surface area contributed by atoms with Crippen LogP contribution in [0, 0.1) is 11.7 Å². The molecule has 2 aromatic carbocycles. The van der Waals surface area contributed by atoms with Crippen LogP contribution in [0.15, 0.2) is 52.4 Å². The fourth-order valence-corrected chi connectivity index (χ4v) is 3.94. The van der Waals surface area contributed by atoms with E-state index in [0.717, 1.165) is 5.56 Å². The summed E-state index contributed by atoms with van der Waals surface area (Å²) in [4.78, 5) is 30.2. The fraction of sp³-hybridized carbons (Fsp3) is 0.348. The van der Waals surface area contributed by atoms with Crippen LogP contribution in [-0.4, -0.2) is 35.7 Å². The summed E-state index contributed by atoms with van der Waals surface area (Å²) >= 11 is 1.39. The van der Waals surface area contributed by atoms with E-state index in [0.29, 0.717) is 53.0 Å². The Morgan fingerprint density at radius 2 is 1.97 bits per heavy atom. The molecule has 0 aliphatic carbocycles. The van der Waals surface area contributed by atoms with Gasteiger partial charge in [-0.25, -0.2) is 9.37 Å². The van der Waals surface area contributed by atoms with Crippen molar-refractivity contribution in [2.24, 2.45) is 5.92 Å². The maximum Gasteiger partial charge on any atom is 0.262 e. The third-order valence-electron chi connectivity index (χ3n) is 4.65.